The second-order valence-corrected chi connectivity index (χ2v) is 6.80. The van der Waals surface area contributed by atoms with Gasteiger partial charge < -0.3 is 10.1 Å². The smallest absolute Gasteiger partial charge is 0.271 e. The number of aromatic nitrogens is 2. The third kappa shape index (κ3) is 5.00. The van der Waals surface area contributed by atoms with Crippen LogP contribution in [0.5, 0.6) is 5.88 Å². The molecule has 0 spiro atoms. The Morgan fingerprint density at radius 3 is 2.76 bits per heavy atom. The van der Waals surface area contributed by atoms with Crippen LogP contribution in [-0.2, 0) is 4.79 Å². The zero-order valence-corrected chi connectivity index (χ0v) is 16.6. The van der Waals surface area contributed by atoms with Crippen LogP contribution in [-0.4, -0.2) is 21.8 Å². The number of hydrogen-bond donors (Lipinski definition) is 1. The number of anilines is 1. The van der Waals surface area contributed by atoms with Gasteiger partial charge in [0.05, 0.1) is 5.69 Å². The summed E-state index contributed by atoms with van der Waals surface area (Å²) in [6.07, 6.45) is -0.532. The molecule has 0 fully saturated rings. The summed E-state index contributed by atoms with van der Waals surface area (Å²) in [6.45, 7) is 3.60. The van der Waals surface area contributed by atoms with Crippen molar-refractivity contribution in [3.63, 3.8) is 0 Å². The molecule has 0 aliphatic carbocycles. The number of ether oxygens (including phenoxy) is 1. The first kappa shape index (κ1) is 20.5. The molecule has 8 heteroatoms. The van der Waals surface area contributed by atoms with Gasteiger partial charge in [0.1, 0.15) is 5.82 Å². The molecular weight excluding hydrogens is 397 g/mol. The Morgan fingerprint density at radius 1 is 1.24 bits per heavy atom. The fourth-order valence-electron chi connectivity index (χ4n) is 2.70. The van der Waals surface area contributed by atoms with Crippen molar-refractivity contribution in [2.75, 3.05) is 5.32 Å². The van der Waals surface area contributed by atoms with Crippen molar-refractivity contribution >= 4 is 23.2 Å². The van der Waals surface area contributed by atoms with Crippen LogP contribution in [0.25, 0.3) is 5.69 Å². The lowest BCUT2D eigenvalue weighted by molar-refractivity contribution is -0.123. The Kier molecular flexibility index (Phi) is 6.29. The van der Waals surface area contributed by atoms with Gasteiger partial charge in [0.2, 0.25) is 5.88 Å². The normalized spacial score (nSPS) is 11.7. The molecule has 3 rings (SSSR count). The van der Waals surface area contributed by atoms with Crippen molar-refractivity contribution in [2.24, 2.45) is 0 Å². The highest BCUT2D eigenvalue weighted by Gasteiger charge is 2.20. The molecule has 2 aromatic carbocycles. The molecule has 0 unspecified atom stereocenters. The predicted molar refractivity (Wildman–Crippen MR) is 109 cm³/mol. The van der Waals surface area contributed by atoms with Gasteiger partial charge in [-0.05, 0) is 49.2 Å². The minimum Gasteiger partial charge on any atom is -0.463 e. The van der Waals surface area contributed by atoms with Crippen molar-refractivity contribution in [3.05, 3.63) is 81.4 Å². The van der Waals surface area contributed by atoms with Crippen molar-refractivity contribution in [1.29, 1.82) is 0 Å². The number of amides is 1. The van der Waals surface area contributed by atoms with E-state index < -0.39 is 17.8 Å². The summed E-state index contributed by atoms with van der Waals surface area (Å²) in [5, 5.41) is 7.29. The van der Waals surface area contributed by atoms with Gasteiger partial charge in [-0.1, -0.05) is 30.7 Å². The minimum atomic E-state index is -0.878. The van der Waals surface area contributed by atoms with Gasteiger partial charge in [-0.2, -0.15) is 4.68 Å². The lowest BCUT2D eigenvalue weighted by atomic mass is 10.2. The van der Waals surface area contributed by atoms with Crippen LogP contribution in [0.15, 0.2) is 59.4 Å². The standard InChI is InChI=1S/C21H19ClFN3O3/c1-3-18(21(28)24-16-6-4-5-15(23)12-16)29-19-9-10-20(27)26(25-19)17-11-14(22)8-7-13(17)2/h4-12,18H,3H2,1-2H3,(H,24,28)/t18-/m0/s1. The molecule has 0 aliphatic heterocycles. The molecule has 3 aromatic rings. The van der Waals surface area contributed by atoms with Crippen LogP contribution in [0, 0.1) is 12.7 Å². The van der Waals surface area contributed by atoms with Crippen molar-refractivity contribution in [1.82, 2.24) is 9.78 Å². The number of aryl methyl sites for hydroxylation is 1. The first-order chi connectivity index (χ1) is 13.9. The highest BCUT2D eigenvalue weighted by molar-refractivity contribution is 6.30. The molecule has 0 bridgehead atoms. The lowest BCUT2D eigenvalue weighted by Crippen LogP contribution is -2.33. The summed E-state index contributed by atoms with van der Waals surface area (Å²) >= 11 is 6.04. The second kappa shape index (κ2) is 8.87. The Hall–Kier alpha value is -3.19. The van der Waals surface area contributed by atoms with E-state index in [1.165, 1.54) is 35.0 Å². The second-order valence-electron chi connectivity index (χ2n) is 6.37. The van der Waals surface area contributed by atoms with Crippen molar-refractivity contribution in [3.8, 4) is 11.6 Å². The van der Waals surface area contributed by atoms with E-state index >= 15 is 0 Å². The van der Waals surface area contributed by atoms with E-state index in [9.17, 15) is 14.0 Å². The van der Waals surface area contributed by atoms with Crippen LogP contribution < -0.4 is 15.6 Å². The number of halogens is 2. The molecule has 6 nitrogen and oxygen atoms in total. The average molecular weight is 416 g/mol. The molecule has 150 valence electrons. The molecular formula is C21H19ClFN3O3. The maximum Gasteiger partial charge on any atom is 0.271 e. The summed E-state index contributed by atoms with van der Waals surface area (Å²) in [5.74, 6) is -0.802. The Morgan fingerprint density at radius 2 is 2.03 bits per heavy atom. The van der Waals surface area contributed by atoms with E-state index in [0.717, 1.165) is 5.56 Å². The summed E-state index contributed by atoms with van der Waals surface area (Å²) in [4.78, 5) is 24.8. The van der Waals surface area contributed by atoms with E-state index in [1.54, 1.807) is 31.2 Å². The Bertz CT molecular complexity index is 1100. The summed E-state index contributed by atoms with van der Waals surface area (Å²) in [6, 6.07) is 13.4. The van der Waals surface area contributed by atoms with Gasteiger partial charge in [-0.15, -0.1) is 5.10 Å². The lowest BCUT2D eigenvalue weighted by Gasteiger charge is -2.17. The number of benzene rings is 2. The highest BCUT2D eigenvalue weighted by atomic mass is 35.5. The molecule has 0 saturated carbocycles. The van der Waals surface area contributed by atoms with Crippen LogP contribution in [0.2, 0.25) is 5.02 Å². The van der Waals surface area contributed by atoms with E-state index in [1.807, 2.05) is 6.92 Å². The topological polar surface area (TPSA) is 73.2 Å². The van der Waals surface area contributed by atoms with E-state index in [2.05, 4.69) is 10.4 Å². The molecule has 1 amide bonds. The number of carbonyl (C=O) groups is 1. The zero-order valence-electron chi connectivity index (χ0n) is 15.9. The quantitative estimate of drug-likeness (QED) is 0.657. The van der Waals surface area contributed by atoms with Gasteiger partial charge >= 0.3 is 0 Å². The number of nitrogens with one attached hydrogen (secondary N) is 1. The number of carbonyl (C=O) groups excluding carboxylic acids is 1. The van der Waals surface area contributed by atoms with Gasteiger partial charge in [-0.25, -0.2) is 4.39 Å². The van der Waals surface area contributed by atoms with Crippen LogP contribution in [0.1, 0.15) is 18.9 Å². The van der Waals surface area contributed by atoms with Gasteiger partial charge in [0, 0.05) is 22.8 Å². The average Bonchev–Trinajstić information content (AvgIpc) is 2.69. The summed E-state index contributed by atoms with van der Waals surface area (Å²) in [5.41, 5.74) is 1.28. The minimum absolute atomic E-state index is 0.102. The van der Waals surface area contributed by atoms with Gasteiger partial charge in [0.15, 0.2) is 6.10 Å². The highest BCUT2D eigenvalue weighted by Crippen LogP contribution is 2.19. The fourth-order valence-corrected chi connectivity index (χ4v) is 2.86. The van der Waals surface area contributed by atoms with Gasteiger partial charge in [0.25, 0.3) is 11.5 Å². The number of rotatable bonds is 6. The van der Waals surface area contributed by atoms with Crippen LogP contribution in [0.4, 0.5) is 10.1 Å². The first-order valence-electron chi connectivity index (χ1n) is 8.97. The zero-order chi connectivity index (χ0) is 21.0. The van der Waals surface area contributed by atoms with Crippen LogP contribution >= 0.6 is 11.6 Å². The largest absolute Gasteiger partial charge is 0.463 e. The van der Waals surface area contributed by atoms with Crippen molar-refractivity contribution in [2.45, 2.75) is 26.4 Å². The monoisotopic (exact) mass is 415 g/mol. The molecule has 1 aromatic heterocycles. The van der Waals surface area contributed by atoms with Crippen molar-refractivity contribution < 1.29 is 13.9 Å². The summed E-state index contributed by atoms with van der Waals surface area (Å²) in [7, 11) is 0. The number of hydrogen-bond acceptors (Lipinski definition) is 4. The third-order valence-corrected chi connectivity index (χ3v) is 4.43. The van der Waals surface area contributed by atoms with E-state index in [-0.39, 0.29) is 11.4 Å². The Labute approximate surface area is 171 Å². The maximum atomic E-state index is 13.3. The number of nitrogens with zero attached hydrogens (tertiary/aromatic N) is 2. The molecule has 29 heavy (non-hydrogen) atoms. The molecule has 1 N–H and O–H groups in total. The first-order valence-corrected chi connectivity index (χ1v) is 9.35. The molecule has 0 saturated heterocycles. The van der Waals surface area contributed by atoms with E-state index in [4.69, 9.17) is 16.3 Å². The predicted octanol–water partition coefficient (Wildman–Crippen LogP) is 4.13. The van der Waals surface area contributed by atoms with Gasteiger partial charge in [-0.3, -0.25) is 9.59 Å². The summed E-state index contributed by atoms with van der Waals surface area (Å²) < 4.78 is 20.2. The SMILES string of the molecule is CC[C@H](Oc1ccc(=O)n(-c2cc(Cl)ccc2C)n1)C(=O)Nc1cccc(F)c1. The molecule has 1 heterocycles. The molecule has 0 aliphatic rings. The maximum absolute atomic E-state index is 13.3. The fraction of sp³-hybridized carbons (Fsp3) is 0.190. The molecule has 1 atom stereocenters. The van der Waals surface area contributed by atoms with E-state index in [0.29, 0.717) is 22.8 Å². The Balaban J connectivity index is 1.84. The molecule has 0 radical (unpaired) electrons. The van der Waals surface area contributed by atoms with Crippen LogP contribution in [0.3, 0.4) is 0 Å². The third-order valence-electron chi connectivity index (χ3n) is 4.19.